The number of halogens is 3. The number of carbonyl (C=O) groups is 5. The number of aromatic hydroxyl groups is 1. The summed E-state index contributed by atoms with van der Waals surface area (Å²) in [5, 5.41) is 17.8. The molecule has 0 bridgehead atoms. The van der Waals surface area contributed by atoms with E-state index in [1.165, 1.54) is 9.78 Å². The quantitative estimate of drug-likeness (QED) is 0.0757. The van der Waals surface area contributed by atoms with E-state index in [4.69, 9.17) is 43.4 Å². The van der Waals surface area contributed by atoms with E-state index in [2.05, 4.69) is 105 Å². The first-order valence-electron chi connectivity index (χ1n) is 31.9. The third kappa shape index (κ3) is 34.3. The largest absolute Gasteiger partial charge is 0.506 e. The molecule has 4 fully saturated rings. The second-order valence-corrected chi connectivity index (χ2v) is 44.8. The Balaban J connectivity index is 0.000000310. The molecule has 0 radical (unpaired) electrons. The molecule has 0 saturated carbocycles. The molecule has 530 valence electrons. The Labute approximate surface area is 591 Å². The number of aliphatic hydroxyl groups excluding tert-OH is 1. The minimum absolute atomic E-state index is 0.0270. The van der Waals surface area contributed by atoms with Crippen molar-refractivity contribution < 1.29 is 72.1 Å². The molecule has 0 unspecified atom stereocenters. The van der Waals surface area contributed by atoms with Gasteiger partial charge in [0.05, 0.1) is 49.9 Å². The van der Waals surface area contributed by atoms with Gasteiger partial charge in [0, 0.05) is 51.6 Å². The molecule has 2 N–H and O–H groups in total. The zero-order chi connectivity index (χ0) is 71.3. The summed E-state index contributed by atoms with van der Waals surface area (Å²) in [4.78, 5) is 91.3. The predicted octanol–water partition coefficient (Wildman–Crippen LogP) is 14.4. The Morgan fingerprint density at radius 3 is 1.07 bits per heavy atom. The van der Waals surface area contributed by atoms with Crippen LogP contribution in [0.15, 0.2) is 92.3 Å². The van der Waals surface area contributed by atoms with Crippen molar-refractivity contribution in [1.29, 1.82) is 0 Å². The summed E-state index contributed by atoms with van der Waals surface area (Å²) in [6.45, 7) is 31.8. The van der Waals surface area contributed by atoms with Crippen LogP contribution in [-0.4, -0.2) is 211 Å². The van der Waals surface area contributed by atoms with Crippen LogP contribution in [0, 0.1) is 0 Å². The number of aliphatic hydroxyl groups is 1. The topological polar surface area (TPSA) is 277 Å². The summed E-state index contributed by atoms with van der Waals surface area (Å²) in [5.41, 5.74) is -1.87. The zero-order valence-corrected chi connectivity index (χ0v) is 65.9. The van der Waals surface area contributed by atoms with Gasteiger partial charge in [-0.3, -0.25) is 15.0 Å². The Kier molecular flexibility index (Phi) is 35.3. The van der Waals surface area contributed by atoms with Crippen LogP contribution in [0.2, 0.25) is 14.8 Å². The SMILES string of the molecule is C=NC(=O)OCC.CC(C)(C)OC(=O)N1CCC[C@H]1CO.CC(C)(C)OC(=O)N1CCC[C@H]1COc1cnc[c]([Sn]([CH3])([CH3])[CH3])c1.CC(C)(C)OC(=O)N1CCC[C@H]1COc1cncc(Br)c1.CC(C)(C)OC(=O)N1CCC[C@H]1COc1cncc(Br)c1.Oc1cncc(Br)c1. The van der Waals surface area contributed by atoms with Gasteiger partial charge in [-0.2, -0.15) is 4.99 Å². The number of amides is 5. The number of aliphatic imine (C=N–C) groups is 1. The van der Waals surface area contributed by atoms with E-state index in [1.807, 2.05) is 101 Å². The molecule has 0 spiro atoms. The van der Waals surface area contributed by atoms with Crippen molar-refractivity contribution in [1.82, 2.24) is 39.5 Å². The number of hydrogen-bond donors (Lipinski definition) is 2. The normalized spacial score (nSPS) is 17.6. The van der Waals surface area contributed by atoms with E-state index in [1.54, 1.807) is 69.8 Å². The van der Waals surface area contributed by atoms with Crippen LogP contribution in [0.3, 0.4) is 0 Å². The van der Waals surface area contributed by atoms with E-state index in [0.29, 0.717) is 44.5 Å². The van der Waals surface area contributed by atoms with Crippen molar-refractivity contribution in [2.45, 2.75) is 203 Å². The molecule has 4 saturated heterocycles. The first-order valence-corrected chi connectivity index (χ1v) is 44.2. The average Bonchev–Trinajstić information content (AvgIpc) is 1.93. The third-order valence-corrected chi connectivity index (χ3v) is 20.6. The summed E-state index contributed by atoms with van der Waals surface area (Å²) in [6, 6.07) is 7.55. The van der Waals surface area contributed by atoms with Crippen LogP contribution < -0.4 is 17.8 Å². The molecule has 0 aliphatic carbocycles. The number of nitrogens with zero attached hydrogens (tertiary/aromatic N) is 9. The van der Waals surface area contributed by atoms with E-state index < -0.39 is 46.9 Å². The summed E-state index contributed by atoms with van der Waals surface area (Å²) in [7, 11) is 0. The van der Waals surface area contributed by atoms with Gasteiger partial charge in [-0.05, 0) is 180 Å². The predicted molar refractivity (Wildman–Crippen MR) is 379 cm³/mol. The Bertz CT molecular complexity index is 2920. The van der Waals surface area contributed by atoms with Crippen LogP contribution in [0.25, 0.3) is 0 Å². The molecule has 4 atom stereocenters. The van der Waals surface area contributed by atoms with E-state index in [9.17, 15) is 24.0 Å². The molecule has 8 heterocycles. The van der Waals surface area contributed by atoms with E-state index in [0.717, 1.165) is 90.2 Å². The molecule has 24 nitrogen and oxygen atoms in total. The van der Waals surface area contributed by atoms with Crippen molar-refractivity contribution >= 4 is 107 Å². The molecule has 4 aromatic heterocycles. The maximum atomic E-state index is 12.3. The van der Waals surface area contributed by atoms with Crippen molar-refractivity contribution in [3.63, 3.8) is 0 Å². The zero-order valence-electron chi connectivity index (χ0n) is 58.3. The number of likely N-dealkylation sites (tertiary alicyclic amines) is 4. The summed E-state index contributed by atoms with van der Waals surface area (Å²) < 4.78 is 47.2. The molecular formula is C67H102Br3N9O15Sn. The summed E-state index contributed by atoms with van der Waals surface area (Å²) in [6.07, 6.45) is 19.3. The van der Waals surface area contributed by atoms with Crippen molar-refractivity contribution in [3.05, 3.63) is 87.3 Å². The van der Waals surface area contributed by atoms with Gasteiger partial charge in [0.25, 0.3) is 0 Å². The molecule has 0 aromatic carbocycles. The fourth-order valence-electron chi connectivity index (χ4n) is 9.29. The smallest absolute Gasteiger partial charge is 0.410 e. The van der Waals surface area contributed by atoms with Gasteiger partial charge in [-0.1, -0.05) is 0 Å². The van der Waals surface area contributed by atoms with E-state index >= 15 is 0 Å². The minimum Gasteiger partial charge on any atom is -0.506 e. The molecule has 4 aliphatic rings. The van der Waals surface area contributed by atoms with Gasteiger partial charge >= 0.3 is 174 Å². The van der Waals surface area contributed by atoms with Crippen LogP contribution in [0.4, 0.5) is 24.0 Å². The van der Waals surface area contributed by atoms with Gasteiger partial charge < -0.3 is 53.3 Å². The van der Waals surface area contributed by atoms with Crippen LogP contribution in [0.5, 0.6) is 23.0 Å². The fourth-order valence-corrected chi connectivity index (χ4v) is 13.3. The molecule has 95 heavy (non-hydrogen) atoms. The number of pyridine rings is 4. The average molecular weight is 1630 g/mol. The van der Waals surface area contributed by atoms with Crippen molar-refractivity contribution in [3.8, 4) is 23.0 Å². The second kappa shape index (κ2) is 40.2. The molecule has 4 aromatic rings. The maximum Gasteiger partial charge on any atom is 0.410 e. The number of hydrogen-bond acceptors (Lipinski definition) is 19. The van der Waals surface area contributed by atoms with Crippen molar-refractivity contribution in [2.75, 3.05) is 59.2 Å². The number of aromatic nitrogens is 4. The van der Waals surface area contributed by atoms with Gasteiger partial charge in [0.2, 0.25) is 0 Å². The number of ether oxygens (including phenoxy) is 8. The Morgan fingerprint density at radius 1 is 0.505 bits per heavy atom. The first-order chi connectivity index (χ1) is 44.3. The summed E-state index contributed by atoms with van der Waals surface area (Å²) >= 11 is 7.71. The maximum absolute atomic E-state index is 12.3. The molecule has 4 aliphatic heterocycles. The van der Waals surface area contributed by atoms with Gasteiger partial charge in [-0.15, -0.1) is 0 Å². The Morgan fingerprint density at radius 2 is 0.811 bits per heavy atom. The van der Waals surface area contributed by atoms with Crippen LogP contribution in [-0.2, 0) is 23.7 Å². The van der Waals surface area contributed by atoms with Crippen LogP contribution in [0.1, 0.15) is 141 Å². The van der Waals surface area contributed by atoms with Crippen LogP contribution >= 0.6 is 47.8 Å². The standard InChI is InChI=1S/2C15H21BrN2O3.C15H21N2O3.C10H19NO3.C5H4BrNO.C4H7NO2.3CH3.Sn/c2*1-15(2,3)21-14(19)18-6-4-5-12(18)10-20-13-7-11(16)8-17-9-13;1-15(2,3)20-14(18)17-9-5-6-12(17)11-19-13-7-4-8-16-10-13;1-10(2,3)14-9(13)11-6-4-5-8(11)7-12;6-4-1-5(8)3-7-2-4;1-3-7-4(6)5-2;;;;/h2*7-9,12H,4-6,10H2,1-3H3;7-8,10,12H,5-6,9,11H2,1-3H3;8,12H,4-7H2,1-3H3;1-3,8H;2-3H2,1H3;3*1H3;/t3*12-;8-;;;;;;/m0000....../s1. The number of carbonyl (C=O) groups excluding carboxylic acids is 5. The van der Waals surface area contributed by atoms with Crippen molar-refractivity contribution in [2.24, 2.45) is 4.99 Å². The van der Waals surface area contributed by atoms with Gasteiger partial charge in [-0.25, -0.2) is 19.2 Å². The second-order valence-electron chi connectivity index (χ2n) is 27.6. The van der Waals surface area contributed by atoms with E-state index in [-0.39, 0.29) is 60.9 Å². The molecular weight excluding hydrogens is 1530 g/mol. The molecule has 8 rings (SSSR count). The fraction of sp³-hybridized carbons (Fsp3) is 0.612. The molecule has 5 amide bonds. The van der Waals surface area contributed by atoms with Gasteiger partial charge in [0.1, 0.15) is 47.3 Å². The third-order valence-electron chi connectivity index (χ3n) is 13.6. The number of rotatable bonds is 12. The van der Waals surface area contributed by atoms with Gasteiger partial charge in [0.15, 0.2) is 0 Å². The summed E-state index contributed by atoms with van der Waals surface area (Å²) in [5.74, 6) is 2.37. The molecule has 28 heteroatoms. The minimum atomic E-state index is -2.15. The monoisotopic (exact) mass is 1630 g/mol. The first kappa shape index (κ1) is 83.4. The Hall–Kier alpha value is -5.78.